The number of aromatic nitrogens is 2. The van der Waals surface area contributed by atoms with Gasteiger partial charge >= 0.3 is 0 Å². The largest absolute Gasteiger partial charge is 0.393 e. The lowest BCUT2D eigenvalue weighted by molar-refractivity contribution is 0.145. The molecule has 0 saturated carbocycles. The maximum absolute atomic E-state index is 9.53. The highest BCUT2D eigenvalue weighted by molar-refractivity contribution is 5.40. The molecule has 1 N–H and O–H groups in total. The summed E-state index contributed by atoms with van der Waals surface area (Å²) < 4.78 is 0. The zero-order valence-corrected chi connectivity index (χ0v) is 11.3. The van der Waals surface area contributed by atoms with Gasteiger partial charge in [-0.3, -0.25) is 0 Å². The van der Waals surface area contributed by atoms with Gasteiger partial charge in [-0.05, 0) is 25.7 Å². The Kier molecular flexibility index (Phi) is 4.53. The Bertz CT molecular complexity index is 371. The minimum atomic E-state index is -0.137. The van der Waals surface area contributed by atoms with Gasteiger partial charge in [0.05, 0.1) is 6.10 Å². The smallest absolute Gasteiger partial charge is 0.132 e. The lowest BCUT2D eigenvalue weighted by atomic mass is 9.99. The fourth-order valence-corrected chi connectivity index (χ4v) is 2.56. The highest BCUT2D eigenvalue weighted by Crippen LogP contribution is 2.24. The van der Waals surface area contributed by atoms with E-state index in [1.54, 1.807) is 6.33 Å². The van der Waals surface area contributed by atoms with E-state index in [9.17, 15) is 5.11 Å². The van der Waals surface area contributed by atoms with E-state index in [-0.39, 0.29) is 6.10 Å². The summed E-state index contributed by atoms with van der Waals surface area (Å²) in [6.45, 7) is 6.18. The fraction of sp³-hybridized carbons (Fsp3) is 0.714. The average Bonchev–Trinajstić information content (AvgIpc) is 2.41. The van der Waals surface area contributed by atoms with Crippen LogP contribution in [0.1, 0.15) is 51.1 Å². The molecule has 0 bridgehead atoms. The van der Waals surface area contributed by atoms with Crippen molar-refractivity contribution in [1.29, 1.82) is 0 Å². The third-order valence-electron chi connectivity index (χ3n) is 3.87. The summed E-state index contributed by atoms with van der Waals surface area (Å²) in [5.41, 5.74) is 1.15. The number of rotatable bonds is 4. The molecule has 1 aromatic heterocycles. The summed E-state index contributed by atoms with van der Waals surface area (Å²) in [7, 11) is 0. The molecule has 0 unspecified atom stereocenters. The Hall–Kier alpha value is -1.16. The van der Waals surface area contributed by atoms with Crippen LogP contribution in [0.3, 0.4) is 0 Å². The molecular weight excluding hydrogens is 226 g/mol. The van der Waals surface area contributed by atoms with Crippen LogP contribution in [-0.2, 0) is 0 Å². The monoisotopic (exact) mass is 249 g/mol. The van der Waals surface area contributed by atoms with Crippen molar-refractivity contribution in [3.63, 3.8) is 0 Å². The normalized spacial score (nSPS) is 17.4. The van der Waals surface area contributed by atoms with Crippen molar-refractivity contribution in [3.8, 4) is 0 Å². The number of hydrogen-bond donors (Lipinski definition) is 1. The van der Waals surface area contributed by atoms with Crippen LogP contribution in [0.5, 0.6) is 0 Å². The topological polar surface area (TPSA) is 49.2 Å². The van der Waals surface area contributed by atoms with Gasteiger partial charge in [-0.2, -0.15) is 0 Å². The number of anilines is 1. The zero-order valence-electron chi connectivity index (χ0n) is 11.3. The second-order valence-corrected chi connectivity index (χ2v) is 5.03. The average molecular weight is 249 g/mol. The highest BCUT2D eigenvalue weighted by Gasteiger charge is 2.19. The Morgan fingerprint density at radius 1 is 1.28 bits per heavy atom. The number of aliphatic hydroxyl groups excluding tert-OH is 1. The first-order valence-electron chi connectivity index (χ1n) is 6.99. The van der Waals surface area contributed by atoms with Crippen molar-refractivity contribution < 1.29 is 5.11 Å². The number of aliphatic hydroxyl groups is 1. The Morgan fingerprint density at radius 3 is 2.56 bits per heavy atom. The molecule has 2 heterocycles. The molecule has 1 fully saturated rings. The van der Waals surface area contributed by atoms with E-state index in [0.29, 0.717) is 5.92 Å². The Labute approximate surface area is 109 Å². The lowest BCUT2D eigenvalue weighted by Crippen LogP contribution is -2.36. The summed E-state index contributed by atoms with van der Waals surface area (Å²) in [5, 5.41) is 9.53. The van der Waals surface area contributed by atoms with Crippen molar-refractivity contribution >= 4 is 5.82 Å². The van der Waals surface area contributed by atoms with Gasteiger partial charge in [-0.1, -0.05) is 13.8 Å². The molecule has 0 spiro atoms. The van der Waals surface area contributed by atoms with E-state index < -0.39 is 0 Å². The highest BCUT2D eigenvalue weighted by atomic mass is 16.3. The lowest BCUT2D eigenvalue weighted by Gasteiger charge is -2.30. The first kappa shape index (κ1) is 13.3. The van der Waals surface area contributed by atoms with E-state index >= 15 is 0 Å². The van der Waals surface area contributed by atoms with Gasteiger partial charge in [0.15, 0.2) is 0 Å². The second-order valence-electron chi connectivity index (χ2n) is 5.03. The van der Waals surface area contributed by atoms with E-state index in [2.05, 4.69) is 34.8 Å². The molecule has 4 heteroatoms. The Morgan fingerprint density at radius 2 is 1.94 bits per heavy atom. The minimum Gasteiger partial charge on any atom is -0.393 e. The van der Waals surface area contributed by atoms with E-state index in [1.165, 1.54) is 0 Å². The first-order chi connectivity index (χ1) is 8.74. The maximum Gasteiger partial charge on any atom is 0.132 e. The van der Waals surface area contributed by atoms with Gasteiger partial charge in [0.2, 0.25) is 0 Å². The van der Waals surface area contributed by atoms with Gasteiger partial charge in [0.1, 0.15) is 12.1 Å². The van der Waals surface area contributed by atoms with Gasteiger partial charge < -0.3 is 10.0 Å². The summed E-state index contributed by atoms with van der Waals surface area (Å²) in [5.74, 6) is 1.54. The van der Waals surface area contributed by atoms with Gasteiger partial charge in [0, 0.05) is 30.8 Å². The van der Waals surface area contributed by atoms with Crippen LogP contribution < -0.4 is 4.90 Å². The molecule has 100 valence electrons. The molecule has 1 aliphatic heterocycles. The van der Waals surface area contributed by atoms with Gasteiger partial charge in [-0.15, -0.1) is 0 Å². The molecule has 0 aromatic carbocycles. The molecule has 0 atom stereocenters. The van der Waals surface area contributed by atoms with E-state index in [0.717, 1.165) is 50.3 Å². The summed E-state index contributed by atoms with van der Waals surface area (Å²) >= 11 is 0. The van der Waals surface area contributed by atoms with Crippen molar-refractivity contribution in [2.24, 2.45) is 0 Å². The van der Waals surface area contributed by atoms with E-state index in [1.807, 2.05) is 0 Å². The fourth-order valence-electron chi connectivity index (χ4n) is 2.56. The standard InChI is InChI=1S/C14H23N3O/c1-3-11(4-2)13-9-14(16-10-15-13)17-7-5-12(18)6-8-17/h9-12,18H,3-8H2,1-2H3. The molecule has 4 nitrogen and oxygen atoms in total. The molecule has 1 aromatic rings. The van der Waals surface area contributed by atoms with E-state index in [4.69, 9.17) is 0 Å². The molecular formula is C14H23N3O. The van der Waals surface area contributed by atoms with Crippen LogP contribution in [0.25, 0.3) is 0 Å². The van der Waals surface area contributed by atoms with Gasteiger partial charge in [0.25, 0.3) is 0 Å². The molecule has 1 saturated heterocycles. The van der Waals surface area contributed by atoms with Crippen molar-refractivity contribution in [2.75, 3.05) is 18.0 Å². The summed E-state index contributed by atoms with van der Waals surface area (Å²) in [6, 6.07) is 2.12. The maximum atomic E-state index is 9.53. The van der Waals surface area contributed by atoms with Crippen LogP contribution in [0.2, 0.25) is 0 Å². The molecule has 0 radical (unpaired) electrons. The third-order valence-corrected chi connectivity index (χ3v) is 3.87. The number of nitrogens with zero attached hydrogens (tertiary/aromatic N) is 3. The van der Waals surface area contributed by atoms with Crippen LogP contribution in [0.4, 0.5) is 5.82 Å². The van der Waals surface area contributed by atoms with Crippen LogP contribution >= 0.6 is 0 Å². The quantitative estimate of drug-likeness (QED) is 0.890. The molecule has 18 heavy (non-hydrogen) atoms. The van der Waals surface area contributed by atoms with Crippen molar-refractivity contribution in [2.45, 2.75) is 51.6 Å². The van der Waals surface area contributed by atoms with Crippen molar-refractivity contribution in [1.82, 2.24) is 9.97 Å². The zero-order chi connectivity index (χ0) is 13.0. The third kappa shape index (κ3) is 2.99. The second kappa shape index (κ2) is 6.14. The SMILES string of the molecule is CCC(CC)c1cc(N2CCC(O)CC2)ncn1. The molecule has 2 rings (SSSR count). The molecule has 0 aliphatic carbocycles. The van der Waals surface area contributed by atoms with Crippen LogP contribution in [0.15, 0.2) is 12.4 Å². The predicted molar refractivity (Wildman–Crippen MR) is 72.8 cm³/mol. The summed E-state index contributed by atoms with van der Waals surface area (Å²) in [4.78, 5) is 11.0. The minimum absolute atomic E-state index is 0.137. The Balaban J connectivity index is 2.11. The number of piperidine rings is 1. The van der Waals surface area contributed by atoms with Gasteiger partial charge in [-0.25, -0.2) is 9.97 Å². The molecule has 0 amide bonds. The van der Waals surface area contributed by atoms with Crippen molar-refractivity contribution in [3.05, 3.63) is 18.1 Å². The first-order valence-corrected chi connectivity index (χ1v) is 6.99. The van der Waals surface area contributed by atoms with Crippen LogP contribution in [-0.4, -0.2) is 34.3 Å². The molecule has 1 aliphatic rings. The van der Waals surface area contributed by atoms with Crippen LogP contribution in [0, 0.1) is 0 Å². The number of hydrogen-bond acceptors (Lipinski definition) is 4. The predicted octanol–water partition coefficient (Wildman–Crippen LogP) is 2.34. The summed E-state index contributed by atoms with van der Waals surface area (Å²) in [6.07, 6.45) is 5.45.